The molecule has 2 N–H and O–H groups in total. The maximum absolute atomic E-state index is 12.7. The first-order valence-electron chi connectivity index (χ1n) is 11.4. The Bertz CT molecular complexity index is 1110. The number of carbonyl (C=O) groups excluding carboxylic acids is 1. The number of hydrogen-bond donors (Lipinski definition) is 2. The summed E-state index contributed by atoms with van der Waals surface area (Å²) in [5, 5.41) is 6.11. The van der Waals surface area contributed by atoms with Gasteiger partial charge in [-0.25, -0.2) is 17.9 Å². The molecule has 0 radical (unpaired) electrons. The molecular formula is C24H29N3O3S2. The zero-order valence-electron chi connectivity index (χ0n) is 18.1. The van der Waals surface area contributed by atoms with Crippen LogP contribution in [0.2, 0.25) is 0 Å². The topological polar surface area (TPSA) is 78.5 Å². The summed E-state index contributed by atoms with van der Waals surface area (Å²) < 4.78 is 27.4. The van der Waals surface area contributed by atoms with Crippen LogP contribution in [0.3, 0.4) is 0 Å². The van der Waals surface area contributed by atoms with Gasteiger partial charge in [0.15, 0.2) is 0 Å². The predicted molar refractivity (Wildman–Crippen MR) is 128 cm³/mol. The van der Waals surface area contributed by atoms with Crippen molar-refractivity contribution in [2.45, 2.75) is 64.0 Å². The van der Waals surface area contributed by atoms with Gasteiger partial charge in [0.25, 0.3) is 10.0 Å². The van der Waals surface area contributed by atoms with Gasteiger partial charge in [0.1, 0.15) is 0 Å². The second-order valence-corrected chi connectivity index (χ2v) is 11.5. The number of thiophene rings is 1. The van der Waals surface area contributed by atoms with E-state index in [-0.39, 0.29) is 6.04 Å². The molecule has 1 atom stereocenters. The number of benzene rings is 1. The van der Waals surface area contributed by atoms with Gasteiger partial charge >= 0.3 is 6.03 Å². The first-order valence-corrected chi connectivity index (χ1v) is 13.9. The Morgan fingerprint density at radius 3 is 2.56 bits per heavy atom. The van der Waals surface area contributed by atoms with Crippen LogP contribution in [0.4, 0.5) is 10.5 Å². The summed E-state index contributed by atoms with van der Waals surface area (Å²) >= 11 is 1.71. The molecule has 1 aromatic heterocycles. The van der Waals surface area contributed by atoms with E-state index in [1.165, 1.54) is 27.1 Å². The summed E-state index contributed by atoms with van der Waals surface area (Å²) in [4.78, 5) is 16.2. The van der Waals surface area contributed by atoms with E-state index in [1.807, 2.05) is 6.07 Å². The summed E-state index contributed by atoms with van der Waals surface area (Å²) in [6.07, 6.45) is 9.78. The summed E-state index contributed by atoms with van der Waals surface area (Å²) in [5.41, 5.74) is 5.82. The van der Waals surface area contributed by atoms with Gasteiger partial charge in [-0.15, -0.1) is 11.3 Å². The van der Waals surface area contributed by atoms with E-state index >= 15 is 0 Å². The van der Waals surface area contributed by atoms with Gasteiger partial charge in [-0.3, -0.25) is 4.90 Å². The monoisotopic (exact) mass is 471 g/mol. The summed E-state index contributed by atoms with van der Waals surface area (Å²) in [5.74, 6) is 0. The highest BCUT2D eigenvalue weighted by atomic mass is 32.2. The lowest BCUT2D eigenvalue weighted by Gasteiger charge is -2.21. The molecule has 170 valence electrons. The van der Waals surface area contributed by atoms with Crippen LogP contribution in [-0.2, 0) is 42.3 Å². The molecule has 1 saturated heterocycles. The highest BCUT2D eigenvalue weighted by Crippen LogP contribution is 2.38. The number of hydrogen-bond acceptors (Lipinski definition) is 5. The van der Waals surface area contributed by atoms with Crippen LogP contribution in [0.25, 0.3) is 0 Å². The SMILES string of the molecule is O=C(Nc1c2c(cc3c1CCC3)CCC2)NS(=O)(=O)/C=C/C1CCCN1Cc1cccs1. The van der Waals surface area contributed by atoms with Crippen molar-refractivity contribution in [1.82, 2.24) is 9.62 Å². The van der Waals surface area contributed by atoms with Crippen LogP contribution in [0.5, 0.6) is 0 Å². The molecule has 5 rings (SSSR count). The van der Waals surface area contributed by atoms with Crippen molar-refractivity contribution in [3.8, 4) is 0 Å². The average Bonchev–Trinajstić information content (AvgIpc) is 3.54. The Kier molecular flexibility index (Phi) is 6.09. The first kappa shape index (κ1) is 21.7. The van der Waals surface area contributed by atoms with Crippen LogP contribution in [0.15, 0.2) is 35.1 Å². The molecule has 2 heterocycles. The third-order valence-corrected chi connectivity index (χ3v) is 8.63. The second kappa shape index (κ2) is 9.00. The first-order chi connectivity index (χ1) is 15.5. The highest BCUT2D eigenvalue weighted by molar-refractivity contribution is 7.92. The Morgan fingerprint density at radius 1 is 1.12 bits per heavy atom. The lowest BCUT2D eigenvalue weighted by Crippen LogP contribution is -2.34. The number of urea groups is 1. The maximum atomic E-state index is 12.7. The largest absolute Gasteiger partial charge is 0.333 e. The zero-order chi connectivity index (χ0) is 22.1. The molecule has 1 aromatic carbocycles. The van der Waals surface area contributed by atoms with Crippen molar-refractivity contribution < 1.29 is 13.2 Å². The Hall–Kier alpha value is -2.16. The van der Waals surface area contributed by atoms with E-state index in [1.54, 1.807) is 17.4 Å². The van der Waals surface area contributed by atoms with E-state index in [0.717, 1.165) is 75.6 Å². The normalized spacial score (nSPS) is 20.6. The number of likely N-dealkylation sites (tertiary alicyclic amines) is 1. The highest BCUT2D eigenvalue weighted by Gasteiger charge is 2.26. The maximum Gasteiger partial charge on any atom is 0.333 e. The zero-order valence-corrected chi connectivity index (χ0v) is 19.7. The molecule has 2 aromatic rings. The number of amides is 2. The Morgan fingerprint density at radius 2 is 1.88 bits per heavy atom. The Labute approximate surface area is 193 Å². The van der Waals surface area contributed by atoms with Crippen molar-refractivity contribution in [3.63, 3.8) is 0 Å². The smallest absolute Gasteiger partial charge is 0.307 e. The number of aryl methyl sites for hydroxylation is 2. The van der Waals surface area contributed by atoms with Crippen molar-refractivity contribution >= 4 is 33.1 Å². The van der Waals surface area contributed by atoms with Gasteiger partial charge < -0.3 is 5.32 Å². The lowest BCUT2D eigenvalue weighted by molar-refractivity contribution is 0.256. The number of rotatable bonds is 6. The molecule has 32 heavy (non-hydrogen) atoms. The van der Waals surface area contributed by atoms with Crippen molar-refractivity contribution in [3.05, 3.63) is 62.2 Å². The number of sulfonamides is 1. The van der Waals surface area contributed by atoms with Gasteiger partial charge in [0.05, 0.1) is 0 Å². The van der Waals surface area contributed by atoms with Crippen molar-refractivity contribution in [2.75, 3.05) is 11.9 Å². The van der Waals surface area contributed by atoms with E-state index < -0.39 is 16.1 Å². The van der Waals surface area contributed by atoms with Gasteiger partial charge in [0.2, 0.25) is 0 Å². The molecule has 6 nitrogen and oxygen atoms in total. The van der Waals surface area contributed by atoms with E-state index in [2.05, 4.69) is 32.5 Å². The van der Waals surface area contributed by atoms with Crippen LogP contribution < -0.4 is 10.0 Å². The van der Waals surface area contributed by atoms with E-state index in [9.17, 15) is 13.2 Å². The third-order valence-electron chi connectivity index (χ3n) is 6.78. The molecule has 1 unspecified atom stereocenters. The van der Waals surface area contributed by atoms with Crippen LogP contribution in [0.1, 0.15) is 52.8 Å². The fourth-order valence-electron chi connectivity index (χ4n) is 5.33. The molecule has 0 saturated carbocycles. The molecule has 2 amide bonds. The van der Waals surface area contributed by atoms with Crippen molar-refractivity contribution in [2.24, 2.45) is 0 Å². The summed E-state index contributed by atoms with van der Waals surface area (Å²) in [7, 11) is -3.87. The molecule has 3 aliphatic rings. The van der Waals surface area contributed by atoms with Crippen LogP contribution >= 0.6 is 11.3 Å². The summed E-state index contributed by atoms with van der Waals surface area (Å²) in [6, 6.07) is 5.81. The molecular weight excluding hydrogens is 442 g/mol. The Balaban J connectivity index is 1.25. The lowest BCUT2D eigenvalue weighted by atomic mass is 9.99. The van der Waals surface area contributed by atoms with Gasteiger partial charge in [-0.05, 0) is 91.6 Å². The van der Waals surface area contributed by atoms with E-state index in [4.69, 9.17) is 0 Å². The molecule has 1 fully saturated rings. The number of nitrogens with zero attached hydrogens (tertiary/aromatic N) is 1. The number of fused-ring (bicyclic) bond motifs is 2. The number of anilines is 1. The minimum absolute atomic E-state index is 0.0670. The van der Waals surface area contributed by atoms with Gasteiger partial charge in [0, 0.05) is 28.6 Å². The number of nitrogens with one attached hydrogen (secondary N) is 2. The molecule has 8 heteroatoms. The minimum atomic E-state index is -3.87. The molecule has 0 bridgehead atoms. The minimum Gasteiger partial charge on any atom is -0.307 e. The molecule has 0 spiro atoms. The third kappa shape index (κ3) is 4.63. The standard InChI is InChI=1S/C24H29N3O3S2/c28-24(25-23-21-9-1-5-17(21)15-18-6-2-10-22(18)23)26-32(29,30)14-11-19-7-3-12-27(19)16-20-8-4-13-31-20/h4,8,11,13-15,19H,1-3,5-7,9-10,12,16H2,(H2,25,26,28)/b14-11+. The van der Waals surface area contributed by atoms with Crippen LogP contribution in [0, 0.1) is 0 Å². The van der Waals surface area contributed by atoms with Gasteiger partial charge in [-0.1, -0.05) is 18.2 Å². The quantitative estimate of drug-likeness (QED) is 0.656. The fraction of sp³-hybridized carbons (Fsp3) is 0.458. The second-order valence-electron chi connectivity index (χ2n) is 8.92. The fourth-order valence-corrected chi connectivity index (χ4v) is 6.83. The molecule has 1 aliphatic heterocycles. The molecule has 2 aliphatic carbocycles. The van der Waals surface area contributed by atoms with Crippen molar-refractivity contribution in [1.29, 1.82) is 0 Å². The number of carbonyl (C=O) groups is 1. The predicted octanol–water partition coefficient (Wildman–Crippen LogP) is 4.36. The average molecular weight is 472 g/mol. The van der Waals surface area contributed by atoms with Crippen LogP contribution in [-0.4, -0.2) is 31.9 Å². The van der Waals surface area contributed by atoms with Gasteiger partial charge in [-0.2, -0.15) is 0 Å². The summed E-state index contributed by atoms with van der Waals surface area (Å²) in [6.45, 7) is 1.77. The van der Waals surface area contributed by atoms with E-state index in [0.29, 0.717) is 0 Å².